The molecule has 116 valence electrons. The van der Waals surface area contributed by atoms with Gasteiger partial charge in [-0.2, -0.15) is 0 Å². The monoisotopic (exact) mass is 304 g/mol. The average Bonchev–Trinajstić information content (AvgIpc) is 2.93. The molecule has 22 heavy (non-hydrogen) atoms. The number of rotatable bonds is 2. The molecule has 0 unspecified atom stereocenters. The Morgan fingerprint density at radius 3 is 2.41 bits per heavy atom. The van der Waals surface area contributed by atoms with Gasteiger partial charge in [-0.3, -0.25) is 0 Å². The van der Waals surface area contributed by atoms with E-state index in [1.807, 2.05) is 13.0 Å². The molecule has 2 heterocycles. The second-order valence-electron chi connectivity index (χ2n) is 5.29. The van der Waals surface area contributed by atoms with Gasteiger partial charge in [0.05, 0.1) is 0 Å². The number of carboxylic acids is 1. The maximum absolute atomic E-state index is 11.0. The number of anilines is 1. The lowest BCUT2D eigenvalue weighted by Gasteiger charge is -2.35. The lowest BCUT2D eigenvalue weighted by molar-refractivity contribution is 0.0665. The topological polar surface area (TPSA) is 94.2 Å². The molecule has 1 fully saturated rings. The van der Waals surface area contributed by atoms with Gasteiger partial charge < -0.3 is 24.4 Å². The molecule has 1 aromatic heterocycles. The first-order valence-corrected chi connectivity index (χ1v) is 6.96. The van der Waals surface area contributed by atoms with Gasteiger partial charge >= 0.3 is 12.1 Å². The van der Waals surface area contributed by atoms with Crippen molar-refractivity contribution in [2.75, 3.05) is 31.1 Å². The SMILES string of the molecule is Cc1c(N2CCN(C(=O)O)CC2)ccc2oc(C(=O)O)cc12. The average molecular weight is 304 g/mol. The first kappa shape index (κ1) is 14.2. The highest BCUT2D eigenvalue weighted by atomic mass is 16.4. The van der Waals surface area contributed by atoms with Gasteiger partial charge in [-0.05, 0) is 30.7 Å². The number of fused-ring (bicyclic) bond motifs is 1. The zero-order chi connectivity index (χ0) is 15.9. The molecular weight excluding hydrogens is 288 g/mol. The summed E-state index contributed by atoms with van der Waals surface area (Å²) < 4.78 is 5.30. The zero-order valence-corrected chi connectivity index (χ0v) is 12.1. The minimum absolute atomic E-state index is 0.0778. The van der Waals surface area contributed by atoms with Crippen LogP contribution < -0.4 is 4.90 Å². The number of amides is 1. The zero-order valence-electron chi connectivity index (χ0n) is 12.1. The molecule has 2 aromatic rings. The minimum Gasteiger partial charge on any atom is -0.475 e. The third-order valence-electron chi connectivity index (χ3n) is 4.04. The van der Waals surface area contributed by atoms with Crippen LogP contribution >= 0.6 is 0 Å². The molecule has 0 spiro atoms. The van der Waals surface area contributed by atoms with Gasteiger partial charge in [0.25, 0.3) is 0 Å². The number of carbonyl (C=O) groups is 2. The summed E-state index contributed by atoms with van der Waals surface area (Å²) in [5, 5.41) is 18.8. The van der Waals surface area contributed by atoms with Crippen LogP contribution in [0.15, 0.2) is 22.6 Å². The number of aromatic carboxylic acids is 1. The van der Waals surface area contributed by atoms with Crippen LogP contribution in [0.1, 0.15) is 16.1 Å². The first-order chi connectivity index (χ1) is 10.5. The predicted octanol–water partition coefficient (Wildman–Crippen LogP) is 2.24. The number of carboxylic acid groups (broad SMARTS) is 2. The maximum atomic E-state index is 11.0. The van der Waals surface area contributed by atoms with Crippen LogP contribution in [0.3, 0.4) is 0 Å². The molecule has 7 heteroatoms. The molecule has 0 saturated carbocycles. The Morgan fingerprint density at radius 1 is 1.14 bits per heavy atom. The first-order valence-electron chi connectivity index (χ1n) is 6.96. The number of hydrogen-bond acceptors (Lipinski definition) is 4. The van der Waals surface area contributed by atoms with Crippen molar-refractivity contribution in [2.24, 2.45) is 0 Å². The summed E-state index contributed by atoms with van der Waals surface area (Å²) in [4.78, 5) is 25.5. The molecule has 3 rings (SSSR count). The van der Waals surface area contributed by atoms with Gasteiger partial charge in [0.15, 0.2) is 0 Å². The van der Waals surface area contributed by atoms with E-state index in [1.165, 1.54) is 11.0 Å². The van der Waals surface area contributed by atoms with Crippen LogP contribution in [-0.4, -0.2) is 53.4 Å². The third kappa shape index (κ3) is 2.34. The van der Waals surface area contributed by atoms with E-state index in [4.69, 9.17) is 14.6 Å². The van der Waals surface area contributed by atoms with Crippen LogP contribution in [0.2, 0.25) is 0 Å². The van der Waals surface area contributed by atoms with E-state index in [0.29, 0.717) is 31.8 Å². The van der Waals surface area contributed by atoms with E-state index in [0.717, 1.165) is 16.6 Å². The van der Waals surface area contributed by atoms with E-state index in [-0.39, 0.29) is 5.76 Å². The Morgan fingerprint density at radius 2 is 1.82 bits per heavy atom. The number of nitrogens with zero attached hydrogens (tertiary/aromatic N) is 2. The van der Waals surface area contributed by atoms with Crippen molar-refractivity contribution in [2.45, 2.75) is 6.92 Å². The molecule has 2 N–H and O–H groups in total. The van der Waals surface area contributed by atoms with Crippen LogP contribution in [0.25, 0.3) is 11.0 Å². The molecule has 1 aliphatic rings. The fourth-order valence-corrected chi connectivity index (χ4v) is 2.83. The summed E-state index contributed by atoms with van der Waals surface area (Å²) in [6.45, 7) is 4.06. The molecule has 7 nitrogen and oxygen atoms in total. The van der Waals surface area contributed by atoms with Gasteiger partial charge in [-0.1, -0.05) is 0 Å². The molecule has 1 saturated heterocycles. The summed E-state index contributed by atoms with van der Waals surface area (Å²) in [5.41, 5.74) is 2.47. The lowest BCUT2D eigenvalue weighted by atomic mass is 10.1. The van der Waals surface area contributed by atoms with Crippen molar-refractivity contribution in [3.63, 3.8) is 0 Å². The molecule has 1 aromatic carbocycles. The number of hydrogen-bond donors (Lipinski definition) is 2. The fraction of sp³-hybridized carbons (Fsp3) is 0.333. The van der Waals surface area contributed by atoms with Crippen LogP contribution in [0.5, 0.6) is 0 Å². The number of benzene rings is 1. The van der Waals surface area contributed by atoms with Gasteiger partial charge in [0, 0.05) is 37.3 Å². The molecule has 1 aliphatic heterocycles. The quantitative estimate of drug-likeness (QED) is 0.883. The van der Waals surface area contributed by atoms with E-state index < -0.39 is 12.1 Å². The summed E-state index contributed by atoms with van der Waals surface area (Å²) >= 11 is 0. The van der Waals surface area contributed by atoms with Crippen molar-refractivity contribution in [3.8, 4) is 0 Å². The number of aryl methyl sites for hydroxylation is 1. The lowest BCUT2D eigenvalue weighted by Crippen LogP contribution is -2.48. The fourth-order valence-electron chi connectivity index (χ4n) is 2.83. The van der Waals surface area contributed by atoms with Gasteiger partial charge in [-0.25, -0.2) is 9.59 Å². The predicted molar refractivity (Wildman–Crippen MR) is 79.7 cm³/mol. The smallest absolute Gasteiger partial charge is 0.407 e. The Bertz CT molecular complexity index is 744. The molecule has 0 aliphatic carbocycles. The summed E-state index contributed by atoms with van der Waals surface area (Å²) in [6, 6.07) is 5.18. The van der Waals surface area contributed by atoms with Crippen molar-refractivity contribution in [3.05, 3.63) is 29.5 Å². The highest BCUT2D eigenvalue weighted by Crippen LogP contribution is 2.31. The third-order valence-corrected chi connectivity index (χ3v) is 4.04. The summed E-state index contributed by atoms with van der Waals surface area (Å²) in [5.74, 6) is -1.17. The van der Waals surface area contributed by atoms with Gasteiger partial charge in [0.2, 0.25) is 5.76 Å². The summed E-state index contributed by atoms with van der Waals surface area (Å²) in [7, 11) is 0. The highest BCUT2D eigenvalue weighted by Gasteiger charge is 2.22. The molecule has 0 atom stereocenters. The molecule has 0 radical (unpaired) electrons. The standard InChI is InChI=1S/C15H16N2O5/c1-9-10-8-13(14(18)19)22-12(10)3-2-11(9)16-4-6-17(7-5-16)15(20)21/h2-3,8H,4-7H2,1H3,(H,18,19)(H,20,21). The largest absolute Gasteiger partial charge is 0.475 e. The summed E-state index contributed by atoms with van der Waals surface area (Å²) in [6.07, 6.45) is -0.896. The Balaban J connectivity index is 1.90. The maximum Gasteiger partial charge on any atom is 0.407 e. The second kappa shape index (κ2) is 5.25. The van der Waals surface area contributed by atoms with Gasteiger partial charge in [-0.15, -0.1) is 0 Å². The number of furan rings is 1. The Hall–Kier alpha value is -2.70. The molecule has 0 bridgehead atoms. The van der Waals surface area contributed by atoms with Crippen molar-refractivity contribution in [1.82, 2.24) is 4.90 Å². The normalized spacial score (nSPS) is 15.3. The molecular formula is C15H16N2O5. The van der Waals surface area contributed by atoms with Gasteiger partial charge in [0.1, 0.15) is 5.58 Å². The molecule has 1 amide bonds. The van der Waals surface area contributed by atoms with Crippen molar-refractivity contribution >= 4 is 28.7 Å². The second-order valence-corrected chi connectivity index (χ2v) is 5.29. The van der Waals surface area contributed by atoms with E-state index in [1.54, 1.807) is 6.07 Å². The van der Waals surface area contributed by atoms with Crippen molar-refractivity contribution < 1.29 is 24.2 Å². The van der Waals surface area contributed by atoms with Crippen LogP contribution in [0.4, 0.5) is 10.5 Å². The van der Waals surface area contributed by atoms with E-state index in [2.05, 4.69) is 4.90 Å². The minimum atomic E-state index is -1.09. The van der Waals surface area contributed by atoms with E-state index >= 15 is 0 Å². The van der Waals surface area contributed by atoms with Crippen LogP contribution in [0, 0.1) is 6.92 Å². The van der Waals surface area contributed by atoms with Crippen LogP contribution in [-0.2, 0) is 0 Å². The Kier molecular flexibility index (Phi) is 3.40. The van der Waals surface area contributed by atoms with Crippen molar-refractivity contribution in [1.29, 1.82) is 0 Å². The highest BCUT2D eigenvalue weighted by molar-refractivity contribution is 5.94. The van der Waals surface area contributed by atoms with E-state index in [9.17, 15) is 9.59 Å². The Labute approximate surface area is 126 Å². The number of piperazine rings is 1.